The molecule has 4 nitrogen and oxygen atoms in total. The lowest BCUT2D eigenvalue weighted by Crippen LogP contribution is -2.40. The number of aliphatic hydroxyl groups is 1. The van der Waals surface area contributed by atoms with E-state index in [-0.39, 0.29) is 29.7 Å². The summed E-state index contributed by atoms with van der Waals surface area (Å²) >= 11 is 0. The Hall–Kier alpha value is -1.05. The van der Waals surface area contributed by atoms with Crippen molar-refractivity contribution in [3.63, 3.8) is 0 Å². The van der Waals surface area contributed by atoms with E-state index in [4.69, 9.17) is 0 Å². The standard InChI is InChI=1S/C15H21F2NO3S/c1-2-7-18(11-6-8-22(20,21)10-11)9-14(19)15-12(16)4-3-5-13(15)17/h3-5,11,14,19H,2,6-10H2,1H3. The van der Waals surface area contributed by atoms with E-state index in [2.05, 4.69) is 0 Å². The van der Waals surface area contributed by atoms with Gasteiger partial charge in [-0.3, -0.25) is 4.90 Å². The van der Waals surface area contributed by atoms with Crippen molar-refractivity contribution in [2.75, 3.05) is 24.6 Å². The summed E-state index contributed by atoms with van der Waals surface area (Å²) in [7, 11) is -3.05. The lowest BCUT2D eigenvalue weighted by molar-refractivity contribution is 0.0874. The molecule has 1 saturated heterocycles. The molecular formula is C15H21F2NO3S. The molecule has 2 unspecified atom stereocenters. The summed E-state index contributed by atoms with van der Waals surface area (Å²) < 4.78 is 50.7. The van der Waals surface area contributed by atoms with Crippen molar-refractivity contribution in [2.24, 2.45) is 0 Å². The molecule has 0 aromatic heterocycles. The van der Waals surface area contributed by atoms with Gasteiger partial charge in [-0.2, -0.15) is 0 Å². The summed E-state index contributed by atoms with van der Waals surface area (Å²) in [5.74, 6) is -1.41. The predicted octanol–water partition coefficient (Wildman–Crippen LogP) is 1.90. The highest BCUT2D eigenvalue weighted by atomic mass is 32.2. The molecule has 1 aliphatic rings. The van der Waals surface area contributed by atoms with E-state index in [1.54, 1.807) is 0 Å². The van der Waals surface area contributed by atoms with Gasteiger partial charge in [-0.1, -0.05) is 13.0 Å². The van der Waals surface area contributed by atoms with Gasteiger partial charge in [-0.25, -0.2) is 17.2 Å². The molecule has 7 heteroatoms. The van der Waals surface area contributed by atoms with Crippen LogP contribution in [0.25, 0.3) is 0 Å². The van der Waals surface area contributed by atoms with Gasteiger partial charge in [0, 0.05) is 12.6 Å². The van der Waals surface area contributed by atoms with Crippen LogP contribution in [0.5, 0.6) is 0 Å². The third kappa shape index (κ3) is 4.02. The molecule has 0 aliphatic carbocycles. The van der Waals surface area contributed by atoms with Crippen LogP contribution in [0.4, 0.5) is 8.78 Å². The number of aliphatic hydroxyl groups excluding tert-OH is 1. The first-order valence-electron chi connectivity index (χ1n) is 7.40. The first-order valence-corrected chi connectivity index (χ1v) is 9.22. The monoisotopic (exact) mass is 333 g/mol. The molecule has 124 valence electrons. The topological polar surface area (TPSA) is 57.6 Å². The molecular weight excluding hydrogens is 312 g/mol. The van der Waals surface area contributed by atoms with Crippen LogP contribution in [0.15, 0.2) is 18.2 Å². The number of sulfone groups is 1. The van der Waals surface area contributed by atoms with Gasteiger partial charge in [0.25, 0.3) is 0 Å². The van der Waals surface area contributed by atoms with Crippen molar-refractivity contribution in [1.82, 2.24) is 4.90 Å². The largest absolute Gasteiger partial charge is 0.387 e. The zero-order valence-electron chi connectivity index (χ0n) is 12.5. The number of hydrogen-bond donors (Lipinski definition) is 1. The Labute approximate surface area is 129 Å². The fraction of sp³-hybridized carbons (Fsp3) is 0.600. The van der Waals surface area contributed by atoms with Gasteiger partial charge >= 0.3 is 0 Å². The van der Waals surface area contributed by atoms with Gasteiger partial charge in [-0.15, -0.1) is 0 Å². The van der Waals surface area contributed by atoms with Gasteiger partial charge in [0.2, 0.25) is 0 Å². The summed E-state index contributed by atoms with van der Waals surface area (Å²) in [5.41, 5.74) is -0.357. The van der Waals surface area contributed by atoms with Crippen molar-refractivity contribution in [3.05, 3.63) is 35.4 Å². The van der Waals surface area contributed by atoms with E-state index in [0.717, 1.165) is 18.6 Å². The van der Waals surface area contributed by atoms with Gasteiger partial charge in [0.15, 0.2) is 9.84 Å². The van der Waals surface area contributed by atoms with Crippen molar-refractivity contribution in [1.29, 1.82) is 0 Å². The summed E-state index contributed by atoms with van der Waals surface area (Å²) in [6, 6.07) is 3.25. The first-order chi connectivity index (χ1) is 10.3. The third-order valence-electron chi connectivity index (χ3n) is 3.98. The fourth-order valence-electron chi connectivity index (χ4n) is 2.92. The summed E-state index contributed by atoms with van der Waals surface area (Å²) in [6.45, 7) is 2.53. The minimum atomic E-state index is -3.05. The van der Waals surface area contributed by atoms with Crippen LogP contribution in [-0.4, -0.2) is 49.1 Å². The van der Waals surface area contributed by atoms with Gasteiger partial charge < -0.3 is 5.11 Å². The molecule has 2 rings (SSSR count). The van der Waals surface area contributed by atoms with E-state index in [1.165, 1.54) is 6.07 Å². The Morgan fingerprint density at radius 3 is 2.50 bits per heavy atom. The minimum Gasteiger partial charge on any atom is -0.387 e. The maximum absolute atomic E-state index is 13.7. The lowest BCUT2D eigenvalue weighted by Gasteiger charge is -2.30. The van der Waals surface area contributed by atoms with Crippen LogP contribution in [0.3, 0.4) is 0 Å². The molecule has 1 N–H and O–H groups in total. The minimum absolute atomic E-state index is 0.0197. The molecule has 2 atom stereocenters. The number of hydrogen-bond acceptors (Lipinski definition) is 4. The molecule has 0 saturated carbocycles. The van der Waals surface area contributed by atoms with Crippen molar-refractivity contribution in [2.45, 2.75) is 31.9 Å². The van der Waals surface area contributed by atoms with Crippen LogP contribution in [0.2, 0.25) is 0 Å². The van der Waals surface area contributed by atoms with Crippen LogP contribution in [0.1, 0.15) is 31.4 Å². The molecule has 1 aromatic carbocycles. The van der Waals surface area contributed by atoms with E-state index in [9.17, 15) is 22.3 Å². The Kier molecular flexibility index (Phi) is 5.52. The summed E-state index contributed by atoms with van der Waals surface area (Å²) in [4.78, 5) is 1.82. The quantitative estimate of drug-likeness (QED) is 0.864. The number of nitrogens with zero attached hydrogens (tertiary/aromatic N) is 1. The van der Waals surface area contributed by atoms with E-state index in [1.807, 2.05) is 11.8 Å². The predicted molar refractivity (Wildman–Crippen MR) is 80.2 cm³/mol. The molecule has 0 spiro atoms. The zero-order chi connectivity index (χ0) is 16.3. The zero-order valence-corrected chi connectivity index (χ0v) is 13.3. The molecule has 1 fully saturated rings. The molecule has 0 bridgehead atoms. The van der Waals surface area contributed by atoms with Crippen LogP contribution in [0, 0.1) is 11.6 Å². The van der Waals surface area contributed by atoms with E-state index >= 15 is 0 Å². The number of benzene rings is 1. The number of rotatable bonds is 6. The highest BCUT2D eigenvalue weighted by Gasteiger charge is 2.33. The first kappa shape index (κ1) is 17.3. The van der Waals surface area contributed by atoms with Gasteiger partial charge in [-0.05, 0) is 31.5 Å². The Morgan fingerprint density at radius 2 is 2.00 bits per heavy atom. The molecule has 1 heterocycles. The maximum Gasteiger partial charge on any atom is 0.151 e. The second-order valence-electron chi connectivity index (χ2n) is 5.70. The van der Waals surface area contributed by atoms with Crippen LogP contribution < -0.4 is 0 Å². The van der Waals surface area contributed by atoms with Crippen molar-refractivity contribution < 1.29 is 22.3 Å². The molecule has 0 amide bonds. The van der Waals surface area contributed by atoms with E-state index in [0.29, 0.717) is 13.0 Å². The second-order valence-corrected chi connectivity index (χ2v) is 7.93. The maximum atomic E-state index is 13.7. The summed E-state index contributed by atoms with van der Waals surface area (Å²) in [6.07, 6.45) is -0.0614. The average Bonchev–Trinajstić information content (AvgIpc) is 2.78. The van der Waals surface area contributed by atoms with Crippen molar-refractivity contribution in [3.8, 4) is 0 Å². The highest BCUT2D eigenvalue weighted by molar-refractivity contribution is 7.91. The van der Waals surface area contributed by atoms with Crippen LogP contribution in [-0.2, 0) is 9.84 Å². The molecule has 1 aliphatic heterocycles. The third-order valence-corrected chi connectivity index (χ3v) is 5.73. The Bertz CT molecular complexity index is 601. The van der Waals surface area contributed by atoms with Gasteiger partial charge in [0.1, 0.15) is 11.6 Å². The summed E-state index contributed by atoms with van der Waals surface area (Å²) in [5, 5.41) is 10.2. The Morgan fingerprint density at radius 1 is 1.36 bits per heavy atom. The highest BCUT2D eigenvalue weighted by Crippen LogP contribution is 2.25. The number of halogens is 2. The molecule has 1 aromatic rings. The smallest absolute Gasteiger partial charge is 0.151 e. The lowest BCUT2D eigenvalue weighted by atomic mass is 10.1. The normalized spacial score (nSPS) is 22.1. The average molecular weight is 333 g/mol. The van der Waals surface area contributed by atoms with Crippen molar-refractivity contribution >= 4 is 9.84 Å². The SMILES string of the molecule is CCCN(CC(O)c1c(F)cccc1F)C1CCS(=O)(=O)C1. The van der Waals surface area contributed by atoms with Gasteiger partial charge in [0.05, 0.1) is 23.2 Å². The second kappa shape index (κ2) is 7.02. The molecule has 0 radical (unpaired) electrons. The fourth-order valence-corrected chi connectivity index (χ4v) is 4.68. The van der Waals surface area contributed by atoms with E-state index < -0.39 is 27.6 Å². The van der Waals surface area contributed by atoms with Crippen LogP contribution >= 0.6 is 0 Å². The Balaban J connectivity index is 2.14. The molecule has 22 heavy (non-hydrogen) atoms.